The predicted octanol–water partition coefficient (Wildman–Crippen LogP) is 5.47. The maximum absolute atomic E-state index is 7.29. The molecule has 5 heteroatoms. The molecule has 0 aliphatic carbocycles. The van der Waals surface area contributed by atoms with Crippen LogP contribution < -0.4 is 15.9 Å². The van der Waals surface area contributed by atoms with Gasteiger partial charge >= 0.3 is 145 Å². The Bertz CT molecular complexity index is 748. The van der Waals surface area contributed by atoms with Crippen LogP contribution in [0.2, 0.25) is 5.02 Å². The quantitative estimate of drug-likeness (QED) is 0.377. The van der Waals surface area contributed by atoms with Crippen molar-refractivity contribution in [3.8, 4) is 0 Å². The van der Waals surface area contributed by atoms with Gasteiger partial charge in [0.2, 0.25) is 0 Å². The third-order valence-electron chi connectivity index (χ3n) is 3.69. The van der Waals surface area contributed by atoms with E-state index in [9.17, 15) is 0 Å². The molecule has 3 rings (SSSR count). The first-order valence-electron chi connectivity index (χ1n) is 6.85. The van der Waals surface area contributed by atoms with Gasteiger partial charge in [0.05, 0.1) is 0 Å². The van der Waals surface area contributed by atoms with Crippen molar-refractivity contribution in [2.24, 2.45) is 0 Å². The van der Waals surface area contributed by atoms with Crippen LogP contribution in [0.15, 0.2) is 84.9 Å². The molecular weight excluding hydrogens is 540 g/mol. The fraction of sp³-hybridized carbons (Fsp3) is 0. The number of hydrogen-bond acceptors (Lipinski definition) is 0. The van der Waals surface area contributed by atoms with Gasteiger partial charge in [-0.25, -0.2) is 0 Å². The molecule has 0 aromatic heterocycles. The molecule has 0 amide bonds. The molecule has 0 atom stereocenters. The Morgan fingerprint density at radius 2 is 0.957 bits per heavy atom. The molecule has 0 bridgehead atoms. The van der Waals surface area contributed by atoms with Crippen molar-refractivity contribution >= 4 is 55.3 Å². The summed E-state index contributed by atoms with van der Waals surface area (Å²) in [6.45, 7) is 0. The van der Waals surface area contributed by atoms with Crippen LogP contribution >= 0.6 is 39.4 Å². The van der Waals surface area contributed by atoms with Gasteiger partial charge in [0.25, 0.3) is 0 Å². The first kappa shape index (κ1) is 19.0. The molecule has 0 nitrogen and oxygen atoms in total. The Balaban J connectivity index is 0.00000192. The molecule has 0 fully saturated rings. The van der Waals surface area contributed by atoms with Crippen molar-refractivity contribution in [3.63, 3.8) is 0 Å². The van der Waals surface area contributed by atoms with Gasteiger partial charge in [0.1, 0.15) is 0 Å². The van der Waals surface area contributed by atoms with Gasteiger partial charge in [-0.3, -0.25) is 0 Å². The summed E-state index contributed by atoms with van der Waals surface area (Å²) in [4.78, 5) is 0. The normalized spacial score (nSPS) is 12.7. The zero-order chi connectivity index (χ0) is 15.7. The SMILES string of the molecule is Clc1ccccc1P(Cl)(Cl)(c1ccccc1)c1ccccc1.[Re]. The van der Waals surface area contributed by atoms with E-state index in [0.29, 0.717) is 5.02 Å². The Morgan fingerprint density at radius 1 is 0.565 bits per heavy atom. The first-order valence-corrected chi connectivity index (χ1v) is 11.3. The van der Waals surface area contributed by atoms with Crippen LogP contribution in [0.3, 0.4) is 0 Å². The molecule has 1 radical (unpaired) electrons. The van der Waals surface area contributed by atoms with Crippen molar-refractivity contribution < 1.29 is 20.4 Å². The molecule has 0 saturated heterocycles. The topological polar surface area (TPSA) is 0 Å². The number of halogens is 3. The Kier molecular flexibility index (Phi) is 5.97. The molecule has 0 aliphatic rings. The first-order chi connectivity index (χ1) is 10.5. The molecule has 0 aliphatic heterocycles. The third-order valence-corrected chi connectivity index (χ3v) is 11.2. The molecular formula is C18H14Cl3PRe. The van der Waals surface area contributed by atoms with E-state index in [-0.39, 0.29) is 20.4 Å². The molecule has 23 heavy (non-hydrogen) atoms. The van der Waals surface area contributed by atoms with Gasteiger partial charge in [-0.05, 0) is 0 Å². The molecule has 0 spiro atoms. The summed E-state index contributed by atoms with van der Waals surface area (Å²) in [5.41, 5.74) is 0. The van der Waals surface area contributed by atoms with Gasteiger partial charge in [0.15, 0.2) is 0 Å². The summed E-state index contributed by atoms with van der Waals surface area (Å²) in [5.74, 6) is 0. The molecule has 0 saturated carbocycles. The average Bonchev–Trinajstić information content (AvgIpc) is 2.57. The molecule has 0 N–H and O–H groups in total. The Labute approximate surface area is 164 Å². The van der Waals surface area contributed by atoms with E-state index in [2.05, 4.69) is 0 Å². The summed E-state index contributed by atoms with van der Waals surface area (Å²) in [7, 11) is 0. The summed E-state index contributed by atoms with van der Waals surface area (Å²) >= 11 is 21.0. The average molecular weight is 554 g/mol. The van der Waals surface area contributed by atoms with E-state index in [1.165, 1.54) is 0 Å². The van der Waals surface area contributed by atoms with Crippen LogP contribution in [-0.4, -0.2) is 0 Å². The fourth-order valence-corrected chi connectivity index (χ4v) is 8.76. The van der Waals surface area contributed by atoms with Gasteiger partial charge in [-0.2, -0.15) is 0 Å². The second kappa shape index (κ2) is 7.25. The zero-order valence-electron chi connectivity index (χ0n) is 12.0. The second-order valence-corrected chi connectivity index (χ2v) is 13.3. The molecule has 0 unspecified atom stereocenters. The van der Waals surface area contributed by atoms with Crippen LogP contribution in [0, 0.1) is 0 Å². The van der Waals surface area contributed by atoms with E-state index in [1.807, 2.05) is 84.9 Å². The summed E-state index contributed by atoms with van der Waals surface area (Å²) in [6.07, 6.45) is 0. The monoisotopic (exact) mass is 553 g/mol. The maximum atomic E-state index is 7.29. The van der Waals surface area contributed by atoms with Crippen LogP contribution in [0.5, 0.6) is 0 Å². The van der Waals surface area contributed by atoms with Crippen molar-refractivity contribution in [1.82, 2.24) is 0 Å². The van der Waals surface area contributed by atoms with Crippen molar-refractivity contribution in [2.45, 2.75) is 0 Å². The Hall–Kier alpha value is -0.378. The van der Waals surface area contributed by atoms with Gasteiger partial charge in [-0.15, -0.1) is 0 Å². The minimum absolute atomic E-state index is 0. The van der Waals surface area contributed by atoms with Crippen LogP contribution in [0.25, 0.3) is 0 Å². The van der Waals surface area contributed by atoms with E-state index < -0.39 is 5.31 Å². The summed E-state index contributed by atoms with van der Waals surface area (Å²) in [5, 5.41) is -0.484. The van der Waals surface area contributed by atoms with E-state index in [0.717, 1.165) is 15.9 Å². The van der Waals surface area contributed by atoms with Crippen molar-refractivity contribution in [1.29, 1.82) is 0 Å². The molecule has 3 aromatic rings. The minimum Gasteiger partial charge on any atom is 0 e. The van der Waals surface area contributed by atoms with Crippen LogP contribution in [0.4, 0.5) is 0 Å². The minimum atomic E-state index is -3.61. The number of benzene rings is 3. The van der Waals surface area contributed by atoms with Gasteiger partial charge in [-0.1, -0.05) is 0 Å². The van der Waals surface area contributed by atoms with Crippen molar-refractivity contribution in [2.75, 3.05) is 0 Å². The van der Waals surface area contributed by atoms with Gasteiger partial charge in [0, 0.05) is 20.4 Å². The largest absolute Gasteiger partial charge is 0 e. The molecule has 119 valence electrons. The van der Waals surface area contributed by atoms with E-state index >= 15 is 0 Å². The van der Waals surface area contributed by atoms with Crippen LogP contribution in [0.1, 0.15) is 0 Å². The van der Waals surface area contributed by atoms with Gasteiger partial charge < -0.3 is 0 Å². The number of hydrogen-bond donors (Lipinski definition) is 0. The smallest absolute Gasteiger partial charge is 0 e. The standard InChI is InChI=1S/C18H14Cl3P.Re/c19-17-13-7-8-14-18(17)22(20,21,15-9-3-1-4-10-15)16-11-5-2-6-12-16;/h1-14H;. The maximum Gasteiger partial charge on any atom is 0 e. The van der Waals surface area contributed by atoms with E-state index in [4.69, 9.17) is 34.1 Å². The fourth-order valence-electron chi connectivity index (χ4n) is 2.58. The predicted molar refractivity (Wildman–Crippen MR) is 102 cm³/mol. The second-order valence-electron chi connectivity index (χ2n) is 5.03. The van der Waals surface area contributed by atoms with E-state index in [1.54, 1.807) is 0 Å². The molecule has 3 aromatic carbocycles. The third kappa shape index (κ3) is 3.25. The summed E-state index contributed by atoms with van der Waals surface area (Å²) < 4.78 is 0. The number of rotatable bonds is 3. The van der Waals surface area contributed by atoms with Crippen LogP contribution in [-0.2, 0) is 20.4 Å². The van der Waals surface area contributed by atoms with Crippen molar-refractivity contribution in [3.05, 3.63) is 90.0 Å². The Morgan fingerprint density at radius 3 is 1.39 bits per heavy atom. The zero-order valence-corrected chi connectivity index (χ0v) is 17.9. The summed E-state index contributed by atoms with van der Waals surface area (Å²) in [6, 6.07) is 27.1. The molecule has 0 heterocycles.